The fourth-order valence-corrected chi connectivity index (χ4v) is 3.17. The van der Waals surface area contributed by atoms with Gasteiger partial charge in [0.15, 0.2) is 17.0 Å². The Bertz CT molecular complexity index is 832. The third-order valence-corrected chi connectivity index (χ3v) is 4.78. The topological polar surface area (TPSA) is 144 Å². The number of carbonyl (C=O) groups is 1. The lowest BCUT2D eigenvalue weighted by Gasteiger charge is -2.15. The van der Waals surface area contributed by atoms with Gasteiger partial charge in [-0.2, -0.15) is 0 Å². The van der Waals surface area contributed by atoms with Gasteiger partial charge < -0.3 is 9.67 Å². The Morgan fingerprint density at radius 2 is 2.14 bits per heavy atom. The molecule has 22 heavy (non-hydrogen) atoms. The summed E-state index contributed by atoms with van der Waals surface area (Å²) < 4.78 is 24.5. The first-order valence-corrected chi connectivity index (χ1v) is 8.11. The Balaban J connectivity index is 2.02. The van der Waals surface area contributed by atoms with E-state index < -0.39 is 15.3 Å². The predicted molar refractivity (Wildman–Crippen MR) is 76.3 cm³/mol. The molecule has 2 aromatic rings. The van der Waals surface area contributed by atoms with Crippen molar-refractivity contribution < 1.29 is 18.3 Å². The molecule has 11 heteroatoms. The molecule has 0 spiro atoms. The summed E-state index contributed by atoms with van der Waals surface area (Å²) in [5.41, 5.74) is 0.838. The molecule has 1 aliphatic rings. The normalized spacial score (nSPS) is 19.3. The van der Waals surface area contributed by atoms with Gasteiger partial charge in [0, 0.05) is 19.5 Å². The highest BCUT2D eigenvalue weighted by Crippen LogP contribution is 2.27. The smallest absolute Gasteiger partial charge is 0.229 e. The summed E-state index contributed by atoms with van der Waals surface area (Å²) in [4.78, 5) is 25.6. The zero-order valence-corrected chi connectivity index (χ0v) is 12.3. The number of hydrogen-bond acceptors (Lipinski definition) is 7. The summed E-state index contributed by atoms with van der Waals surface area (Å²) in [5.74, 6) is -0.131. The van der Waals surface area contributed by atoms with E-state index in [1.165, 1.54) is 17.6 Å². The number of anilines is 1. The van der Waals surface area contributed by atoms with Gasteiger partial charge in [-0.05, 0) is 0 Å². The number of aliphatic hydroxyl groups excluding tert-OH is 1. The van der Waals surface area contributed by atoms with Crippen molar-refractivity contribution in [2.75, 3.05) is 18.1 Å². The lowest BCUT2D eigenvalue weighted by atomic mass is 10.4. The Morgan fingerprint density at radius 1 is 1.36 bits per heavy atom. The number of imidazole rings is 1. The molecule has 1 fully saturated rings. The van der Waals surface area contributed by atoms with Crippen molar-refractivity contribution in [2.45, 2.75) is 18.2 Å². The molecule has 2 aromatic heterocycles. The molecule has 3 N–H and O–H groups in total. The number of hydrogen-bond donors (Lipinski definition) is 2. The van der Waals surface area contributed by atoms with Gasteiger partial charge in [0.1, 0.15) is 11.6 Å². The number of carbonyl (C=O) groups excluding carboxylic acids is 1. The van der Waals surface area contributed by atoms with Gasteiger partial charge in [-0.3, -0.25) is 9.69 Å². The van der Waals surface area contributed by atoms with E-state index in [0.29, 0.717) is 17.7 Å². The zero-order valence-electron chi connectivity index (χ0n) is 11.5. The first-order chi connectivity index (χ1) is 10.4. The van der Waals surface area contributed by atoms with E-state index in [1.807, 2.05) is 0 Å². The van der Waals surface area contributed by atoms with Crippen LogP contribution in [0.2, 0.25) is 0 Å². The standard InChI is InChI=1S/C11H14N6O4S/c12-22(20,21)7-3-8(19)17(4-7)11-9-10(13-5-14-11)16(1-2-18)6-15-9/h5-7,18H,1-4H2,(H2,12,20,21). The van der Waals surface area contributed by atoms with Crippen molar-refractivity contribution >= 4 is 32.9 Å². The van der Waals surface area contributed by atoms with Crippen molar-refractivity contribution in [1.29, 1.82) is 0 Å². The minimum Gasteiger partial charge on any atom is -0.395 e. The van der Waals surface area contributed by atoms with Gasteiger partial charge in [0.2, 0.25) is 15.9 Å². The zero-order chi connectivity index (χ0) is 15.9. The van der Waals surface area contributed by atoms with E-state index in [-0.39, 0.29) is 31.3 Å². The van der Waals surface area contributed by atoms with Gasteiger partial charge in [0.25, 0.3) is 0 Å². The summed E-state index contributed by atoms with van der Waals surface area (Å²) in [6.45, 7) is 0.165. The van der Waals surface area contributed by atoms with Crippen molar-refractivity contribution in [3.63, 3.8) is 0 Å². The maximum absolute atomic E-state index is 12.1. The molecule has 10 nitrogen and oxygen atoms in total. The molecule has 0 saturated carbocycles. The third-order valence-electron chi connectivity index (χ3n) is 3.53. The number of rotatable bonds is 4. The van der Waals surface area contributed by atoms with E-state index in [4.69, 9.17) is 10.2 Å². The molecule has 1 atom stereocenters. The molecule has 1 saturated heterocycles. The first-order valence-electron chi connectivity index (χ1n) is 6.50. The van der Waals surface area contributed by atoms with Crippen LogP contribution in [0.1, 0.15) is 6.42 Å². The molecule has 1 aliphatic heterocycles. The number of amides is 1. The van der Waals surface area contributed by atoms with Crippen molar-refractivity contribution in [1.82, 2.24) is 19.5 Å². The van der Waals surface area contributed by atoms with Gasteiger partial charge in [0.05, 0.1) is 12.9 Å². The first kappa shape index (κ1) is 14.8. The fourth-order valence-electron chi connectivity index (χ4n) is 2.44. The van der Waals surface area contributed by atoms with Crippen LogP contribution in [-0.2, 0) is 21.4 Å². The van der Waals surface area contributed by atoms with Crippen molar-refractivity contribution in [3.05, 3.63) is 12.7 Å². The monoisotopic (exact) mass is 326 g/mol. The lowest BCUT2D eigenvalue weighted by molar-refractivity contribution is -0.117. The van der Waals surface area contributed by atoms with Gasteiger partial charge in [-0.25, -0.2) is 28.5 Å². The van der Waals surface area contributed by atoms with E-state index in [0.717, 1.165) is 0 Å². The Hall–Kier alpha value is -2.11. The van der Waals surface area contributed by atoms with Gasteiger partial charge in [-0.15, -0.1) is 0 Å². The summed E-state index contributed by atoms with van der Waals surface area (Å²) in [7, 11) is -3.80. The van der Waals surface area contributed by atoms with Gasteiger partial charge >= 0.3 is 0 Å². The number of nitrogens with zero attached hydrogens (tertiary/aromatic N) is 5. The largest absolute Gasteiger partial charge is 0.395 e. The molecule has 1 amide bonds. The van der Waals surface area contributed by atoms with Crippen LogP contribution in [0.15, 0.2) is 12.7 Å². The maximum Gasteiger partial charge on any atom is 0.229 e. The molecular formula is C11H14N6O4S. The number of fused-ring (bicyclic) bond motifs is 1. The highest BCUT2D eigenvalue weighted by molar-refractivity contribution is 7.89. The number of aliphatic hydroxyl groups is 1. The van der Waals surface area contributed by atoms with Crippen LogP contribution in [0.4, 0.5) is 5.82 Å². The second-order valence-electron chi connectivity index (χ2n) is 4.95. The molecule has 3 heterocycles. The molecule has 118 valence electrons. The number of primary sulfonamides is 1. The highest BCUT2D eigenvalue weighted by Gasteiger charge is 2.38. The van der Waals surface area contributed by atoms with Crippen molar-refractivity contribution in [3.8, 4) is 0 Å². The molecule has 3 rings (SSSR count). The Labute approximate surface area is 125 Å². The molecule has 0 aromatic carbocycles. The Morgan fingerprint density at radius 3 is 2.77 bits per heavy atom. The van der Waals surface area contributed by atoms with Crippen LogP contribution in [0.5, 0.6) is 0 Å². The van der Waals surface area contributed by atoms with Gasteiger partial charge in [-0.1, -0.05) is 0 Å². The van der Waals surface area contributed by atoms with E-state index in [2.05, 4.69) is 15.0 Å². The Kier molecular flexibility index (Phi) is 3.54. The van der Waals surface area contributed by atoms with Crippen LogP contribution < -0.4 is 10.0 Å². The predicted octanol–water partition coefficient (Wildman–Crippen LogP) is -1.79. The lowest BCUT2D eigenvalue weighted by Crippen LogP contribution is -2.32. The maximum atomic E-state index is 12.1. The quantitative estimate of drug-likeness (QED) is 0.675. The summed E-state index contributed by atoms with van der Waals surface area (Å²) in [6.07, 6.45) is 2.57. The highest BCUT2D eigenvalue weighted by atomic mass is 32.2. The third kappa shape index (κ3) is 2.42. The van der Waals surface area contributed by atoms with E-state index >= 15 is 0 Å². The van der Waals surface area contributed by atoms with Crippen LogP contribution >= 0.6 is 0 Å². The molecule has 0 bridgehead atoms. The second-order valence-corrected chi connectivity index (χ2v) is 6.80. The minimum absolute atomic E-state index is 0.0589. The summed E-state index contributed by atoms with van der Waals surface area (Å²) >= 11 is 0. The SMILES string of the molecule is NS(=O)(=O)C1CC(=O)N(c2ncnc3c2ncn3CCO)C1. The average Bonchev–Trinajstić information content (AvgIpc) is 3.03. The molecular weight excluding hydrogens is 312 g/mol. The second kappa shape index (κ2) is 5.26. The van der Waals surface area contributed by atoms with Crippen molar-refractivity contribution in [2.24, 2.45) is 5.14 Å². The molecule has 0 radical (unpaired) electrons. The van der Waals surface area contributed by atoms with E-state index in [1.54, 1.807) is 4.57 Å². The molecule has 1 unspecified atom stereocenters. The van der Waals surface area contributed by atoms with Crippen LogP contribution in [0, 0.1) is 0 Å². The number of aromatic nitrogens is 4. The van der Waals surface area contributed by atoms with Crippen LogP contribution in [0.25, 0.3) is 11.2 Å². The minimum atomic E-state index is -3.80. The summed E-state index contributed by atoms with van der Waals surface area (Å²) in [6, 6.07) is 0. The number of nitrogens with two attached hydrogens (primary N) is 1. The fraction of sp³-hybridized carbons (Fsp3) is 0.455. The van der Waals surface area contributed by atoms with Crippen LogP contribution in [0.3, 0.4) is 0 Å². The summed E-state index contributed by atoms with van der Waals surface area (Å²) in [5, 5.41) is 13.2. The van der Waals surface area contributed by atoms with E-state index in [9.17, 15) is 13.2 Å². The number of sulfonamides is 1. The van der Waals surface area contributed by atoms with Crippen LogP contribution in [-0.4, -0.2) is 57.4 Å². The molecule has 0 aliphatic carbocycles. The average molecular weight is 326 g/mol.